The summed E-state index contributed by atoms with van der Waals surface area (Å²) in [6.45, 7) is 2.27. The van der Waals surface area contributed by atoms with E-state index < -0.39 is 13.6 Å². The Labute approximate surface area is 182 Å². The average Bonchev–Trinajstić information content (AvgIpc) is 2.84. The minimum atomic E-state index is -1.84. The maximum Gasteiger partial charge on any atom is 0.548 e. The molecule has 0 radical (unpaired) electrons. The van der Waals surface area contributed by atoms with Gasteiger partial charge in [-0.2, -0.15) is 0 Å². The maximum absolute atomic E-state index is 12.3. The molecule has 0 bridgehead atoms. The highest BCUT2D eigenvalue weighted by atomic mass is 31.1. The quantitative estimate of drug-likeness (QED) is 0.338. The number of fused-ring (bicyclic) bond motifs is 3. The van der Waals surface area contributed by atoms with Gasteiger partial charge in [0.2, 0.25) is 5.30 Å². The third-order valence-corrected chi connectivity index (χ3v) is 6.82. The third kappa shape index (κ3) is 3.46. The van der Waals surface area contributed by atoms with Crippen molar-refractivity contribution in [3.05, 3.63) is 114 Å². The normalized spacial score (nSPS) is 14.7. The summed E-state index contributed by atoms with van der Waals surface area (Å²) in [7, 11) is -1.84. The van der Waals surface area contributed by atoms with Gasteiger partial charge in [0.05, 0.1) is 0 Å². The van der Waals surface area contributed by atoms with Crippen molar-refractivity contribution in [2.75, 3.05) is 6.61 Å². The lowest BCUT2D eigenvalue weighted by atomic mass is 9.83. The van der Waals surface area contributed by atoms with Crippen LogP contribution in [0.1, 0.15) is 23.6 Å². The summed E-state index contributed by atoms with van der Waals surface area (Å²) in [5, 5.41) is 2.78. The highest BCUT2D eigenvalue weighted by Crippen LogP contribution is 2.44. The van der Waals surface area contributed by atoms with Crippen molar-refractivity contribution in [1.29, 1.82) is 0 Å². The molecule has 31 heavy (non-hydrogen) atoms. The molecule has 3 nitrogen and oxygen atoms in total. The van der Waals surface area contributed by atoms with Gasteiger partial charge in [-0.05, 0) is 52.6 Å². The molecule has 1 aliphatic rings. The van der Waals surface area contributed by atoms with E-state index in [9.17, 15) is 4.57 Å². The number of benzene rings is 4. The second-order valence-electron chi connectivity index (χ2n) is 7.46. The van der Waals surface area contributed by atoms with Crippen LogP contribution in [0.2, 0.25) is 0 Å². The summed E-state index contributed by atoms with van der Waals surface area (Å²) in [5.41, 5.74) is 2.49. The Balaban J connectivity index is 1.63. The molecule has 152 valence electrons. The first kappa shape index (κ1) is 19.7. The van der Waals surface area contributed by atoms with E-state index in [0.29, 0.717) is 11.9 Å². The van der Waals surface area contributed by atoms with Crippen molar-refractivity contribution in [2.24, 2.45) is 0 Å². The minimum Gasteiger partial charge on any atom is -0.473 e. The molecule has 4 aromatic rings. The van der Waals surface area contributed by atoms with Crippen molar-refractivity contribution in [3.63, 3.8) is 0 Å². The number of hydrogen-bond donors (Lipinski definition) is 0. The monoisotopic (exact) mass is 425 g/mol. The summed E-state index contributed by atoms with van der Waals surface area (Å²) in [4.78, 5) is 0. The molecule has 1 aliphatic heterocycles. The molecule has 0 amide bonds. The third-order valence-electron chi connectivity index (χ3n) is 5.62. The molecule has 0 aromatic heterocycles. The van der Waals surface area contributed by atoms with E-state index in [-0.39, 0.29) is 0 Å². The molecular formula is C27H22O3P+. The molecule has 4 aromatic carbocycles. The predicted molar refractivity (Wildman–Crippen MR) is 126 cm³/mol. The van der Waals surface area contributed by atoms with E-state index in [1.807, 2.05) is 73.7 Å². The van der Waals surface area contributed by atoms with Crippen LogP contribution in [-0.4, -0.2) is 6.61 Å². The summed E-state index contributed by atoms with van der Waals surface area (Å²) < 4.78 is 24.3. The van der Waals surface area contributed by atoms with Gasteiger partial charge in [-0.15, -0.1) is 4.52 Å². The first-order chi connectivity index (χ1) is 15.2. The van der Waals surface area contributed by atoms with Crippen LogP contribution in [0.4, 0.5) is 0 Å². The summed E-state index contributed by atoms with van der Waals surface area (Å²) in [6, 6.07) is 30.4. The first-order valence-electron chi connectivity index (χ1n) is 10.4. The Hall–Kier alpha value is -3.26. The molecule has 0 saturated heterocycles. The van der Waals surface area contributed by atoms with Gasteiger partial charge in [-0.3, -0.25) is 0 Å². The van der Waals surface area contributed by atoms with Crippen LogP contribution in [0.5, 0.6) is 5.75 Å². The Morgan fingerprint density at radius 2 is 1.55 bits per heavy atom. The molecule has 5 rings (SSSR count). The fourth-order valence-corrected chi connectivity index (χ4v) is 4.97. The van der Waals surface area contributed by atoms with E-state index in [0.717, 1.165) is 33.2 Å². The topological polar surface area (TPSA) is 35.5 Å². The van der Waals surface area contributed by atoms with E-state index >= 15 is 0 Å². The molecule has 1 atom stereocenters. The van der Waals surface area contributed by atoms with Crippen LogP contribution >= 0.6 is 8.03 Å². The Morgan fingerprint density at radius 3 is 2.19 bits per heavy atom. The van der Waals surface area contributed by atoms with Gasteiger partial charge in [0, 0.05) is 22.8 Å². The average molecular weight is 425 g/mol. The molecule has 0 saturated carbocycles. The highest BCUT2D eigenvalue weighted by Gasteiger charge is 2.37. The van der Waals surface area contributed by atoms with Crippen LogP contribution in [0.25, 0.3) is 16.8 Å². The molecular weight excluding hydrogens is 403 g/mol. The van der Waals surface area contributed by atoms with E-state index in [2.05, 4.69) is 36.4 Å². The number of hydrogen-bond acceptors (Lipinski definition) is 3. The molecule has 0 N–H and O–H groups in total. The molecule has 0 aliphatic carbocycles. The molecule has 1 unspecified atom stereocenters. The fraction of sp³-hybridized carbons (Fsp3) is 0.111. The standard InChI is InChI=1S/C27H22O3P/c1-2-29-31(28)23-14-15-24-20(19-23)13-16-26-25(24)17-18-27(30-26,21-9-5-3-6-10-21)22-11-7-4-8-12-22/h3-19H,2H2,1H3/q+1. The van der Waals surface area contributed by atoms with Crippen molar-refractivity contribution in [2.45, 2.75) is 12.5 Å². The van der Waals surface area contributed by atoms with Gasteiger partial charge >= 0.3 is 8.03 Å². The van der Waals surface area contributed by atoms with Gasteiger partial charge in [-0.25, -0.2) is 0 Å². The Bertz CT molecular complexity index is 1240. The lowest BCUT2D eigenvalue weighted by molar-refractivity contribution is 0.161. The predicted octanol–water partition coefficient (Wildman–Crippen LogP) is 6.59. The first-order valence-corrected chi connectivity index (χ1v) is 11.6. The minimum absolute atomic E-state index is 0.426. The largest absolute Gasteiger partial charge is 0.548 e. The van der Waals surface area contributed by atoms with E-state index in [4.69, 9.17) is 9.26 Å². The van der Waals surface area contributed by atoms with Gasteiger partial charge in [0.25, 0.3) is 0 Å². The molecule has 0 fully saturated rings. The van der Waals surface area contributed by atoms with Crippen LogP contribution in [0, 0.1) is 0 Å². The summed E-state index contributed by atoms with van der Waals surface area (Å²) in [6.07, 6.45) is 4.28. The zero-order valence-electron chi connectivity index (χ0n) is 17.2. The smallest absolute Gasteiger partial charge is 0.473 e. The van der Waals surface area contributed by atoms with Crippen LogP contribution in [0.3, 0.4) is 0 Å². The zero-order valence-corrected chi connectivity index (χ0v) is 18.1. The lowest BCUT2D eigenvalue weighted by Gasteiger charge is -2.36. The van der Waals surface area contributed by atoms with Gasteiger partial charge in [-0.1, -0.05) is 66.7 Å². The Morgan fingerprint density at radius 1 is 0.871 bits per heavy atom. The van der Waals surface area contributed by atoms with Crippen molar-refractivity contribution in [3.8, 4) is 5.75 Å². The van der Waals surface area contributed by atoms with Gasteiger partial charge < -0.3 is 4.74 Å². The molecule has 4 heteroatoms. The van der Waals surface area contributed by atoms with Crippen molar-refractivity contribution >= 4 is 30.2 Å². The molecule has 0 spiro atoms. The zero-order chi connectivity index (χ0) is 21.3. The second kappa shape index (κ2) is 8.11. The fourth-order valence-electron chi connectivity index (χ4n) is 4.14. The number of ether oxygens (including phenoxy) is 1. The van der Waals surface area contributed by atoms with Crippen LogP contribution in [-0.2, 0) is 14.7 Å². The summed E-state index contributed by atoms with van der Waals surface area (Å²) in [5.74, 6) is 0.824. The summed E-state index contributed by atoms with van der Waals surface area (Å²) >= 11 is 0. The highest BCUT2D eigenvalue weighted by molar-refractivity contribution is 7.48. The lowest BCUT2D eigenvalue weighted by Crippen LogP contribution is -2.34. The van der Waals surface area contributed by atoms with Gasteiger partial charge in [0.1, 0.15) is 12.4 Å². The van der Waals surface area contributed by atoms with Crippen LogP contribution in [0.15, 0.2) is 97.1 Å². The van der Waals surface area contributed by atoms with Crippen LogP contribution < -0.4 is 10.0 Å². The second-order valence-corrected chi connectivity index (χ2v) is 8.75. The molecule has 1 heterocycles. The van der Waals surface area contributed by atoms with E-state index in [1.54, 1.807) is 0 Å². The van der Waals surface area contributed by atoms with E-state index in [1.165, 1.54) is 0 Å². The maximum atomic E-state index is 12.3. The van der Waals surface area contributed by atoms with Crippen molar-refractivity contribution < 1.29 is 13.8 Å². The van der Waals surface area contributed by atoms with Gasteiger partial charge in [0.15, 0.2) is 5.60 Å². The van der Waals surface area contributed by atoms with Crippen molar-refractivity contribution in [1.82, 2.24) is 0 Å². The Kier molecular flexibility index (Phi) is 5.15. The SMILES string of the molecule is CCO[P+](=O)c1ccc2c3c(ccc2c1)OC(c1ccccc1)(c1ccccc1)C=C3. The number of rotatable bonds is 5.